The predicted molar refractivity (Wildman–Crippen MR) is 81.4 cm³/mol. The molecule has 3 nitrogen and oxygen atoms in total. The molecule has 0 heterocycles. The van der Waals surface area contributed by atoms with Crippen LogP contribution in [-0.4, -0.2) is 18.5 Å². The van der Waals surface area contributed by atoms with Gasteiger partial charge >= 0.3 is 0 Å². The topological polar surface area (TPSA) is 55.1 Å². The van der Waals surface area contributed by atoms with Gasteiger partial charge in [-0.25, -0.2) is 0 Å². The minimum atomic E-state index is -0.173. The quantitative estimate of drug-likeness (QED) is 0.897. The number of halogens is 3. The Morgan fingerprint density at radius 2 is 2.11 bits per heavy atom. The van der Waals surface area contributed by atoms with Crippen molar-refractivity contribution < 1.29 is 4.79 Å². The van der Waals surface area contributed by atoms with Crippen LogP contribution in [0.1, 0.15) is 29.6 Å². The summed E-state index contributed by atoms with van der Waals surface area (Å²) in [5.41, 5.74) is 6.12. The van der Waals surface area contributed by atoms with Gasteiger partial charge in [-0.2, -0.15) is 0 Å². The molecule has 1 aromatic carbocycles. The lowest BCUT2D eigenvalue weighted by Crippen LogP contribution is -2.39. The van der Waals surface area contributed by atoms with Crippen molar-refractivity contribution in [2.24, 2.45) is 11.7 Å². The van der Waals surface area contributed by atoms with Crippen molar-refractivity contribution in [3.05, 3.63) is 33.8 Å². The molecular weight excluding hydrogens is 307 g/mol. The van der Waals surface area contributed by atoms with Gasteiger partial charge in [0.1, 0.15) is 0 Å². The highest BCUT2D eigenvalue weighted by Gasteiger charge is 2.28. The highest BCUT2D eigenvalue weighted by Crippen LogP contribution is 2.26. The van der Waals surface area contributed by atoms with E-state index in [2.05, 4.69) is 5.32 Å². The Bertz CT molecular complexity index is 454. The second kappa shape index (κ2) is 7.34. The van der Waals surface area contributed by atoms with Crippen LogP contribution in [0.25, 0.3) is 0 Å². The summed E-state index contributed by atoms with van der Waals surface area (Å²) >= 11 is 11.9. The number of hydrogen-bond donors (Lipinski definition) is 2. The summed E-state index contributed by atoms with van der Waals surface area (Å²) in [5, 5.41) is 3.92. The van der Waals surface area contributed by atoms with E-state index in [0.717, 1.165) is 19.3 Å². The second-order valence-electron chi connectivity index (χ2n) is 4.63. The Labute approximate surface area is 129 Å². The molecular formula is C13H17Cl3N2O. The fourth-order valence-corrected chi connectivity index (χ4v) is 2.80. The Hall–Kier alpha value is -0.480. The van der Waals surface area contributed by atoms with E-state index in [1.54, 1.807) is 18.2 Å². The van der Waals surface area contributed by atoms with Gasteiger partial charge in [-0.1, -0.05) is 29.6 Å². The third-order valence-electron chi connectivity index (χ3n) is 3.45. The minimum Gasteiger partial charge on any atom is -0.349 e. The molecule has 19 heavy (non-hydrogen) atoms. The average molecular weight is 324 g/mol. The maximum absolute atomic E-state index is 12.1. The average Bonchev–Trinajstić information content (AvgIpc) is 2.79. The zero-order chi connectivity index (χ0) is 13.1. The van der Waals surface area contributed by atoms with E-state index >= 15 is 0 Å². The molecule has 2 rings (SSSR count). The van der Waals surface area contributed by atoms with Gasteiger partial charge in [0.2, 0.25) is 0 Å². The molecule has 1 aliphatic carbocycles. The number of carbonyl (C=O) groups is 1. The molecule has 1 saturated carbocycles. The smallest absolute Gasteiger partial charge is 0.253 e. The molecule has 0 bridgehead atoms. The summed E-state index contributed by atoms with van der Waals surface area (Å²) in [6, 6.07) is 5.04. The molecule has 1 fully saturated rings. The largest absolute Gasteiger partial charge is 0.349 e. The standard InChI is InChI=1S/C13H16Cl2N2O.ClH/c14-9-4-5-11(15)10(6-9)13(18)17-12-3-1-2-8(12)7-16;/h4-6,8,12H,1-3,7,16H2,(H,17,18);1H. The Morgan fingerprint density at radius 3 is 2.79 bits per heavy atom. The number of benzene rings is 1. The zero-order valence-electron chi connectivity index (χ0n) is 10.4. The summed E-state index contributed by atoms with van der Waals surface area (Å²) in [5.74, 6) is 0.194. The van der Waals surface area contributed by atoms with Crippen LogP contribution in [0.4, 0.5) is 0 Å². The van der Waals surface area contributed by atoms with Crippen LogP contribution in [0.3, 0.4) is 0 Å². The number of rotatable bonds is 3. The second-order valence-corrected chi connectivity index (χ2v) is 5.47. The molecule has 6 heteroatoms. The van der Waals surface area contributed by atoms with Crippen LogP contribution in [-0.2, 0) is 0 Å². The van der Waals surface area contributed by atoms with Crippen LogP contribution >= 0.6 is 35.6 Å². The maximum Gasteiger partial charge on any atom is 0.253 e. The molecule has 0 spiro atoms. The SMILES string of the molecule is Cl.NCC1CCCC1NC(=O)c1cc(Cl)ccc1Cl. The van der Waals surface area contributed by atoms with E-state index in [9.17, 15) is 4.79 Å². The molecule has 0 radical (unpaired) electrons. The first-order chi connectivity index (χ1) is 8.61. The number of hydrogen-bond acceptors (Lipinski definition) is 2. The summed E-state index contributed by atoms with van der Waals surface area (Å²) in [4.78, 5) is 12.1. The molecule has 0 aromatic heterocycles. The van der Waals surface area contributed by atoms with Gasteiger partial charge in [0.15, 0.2) is 0 Å². The van der Waals surface area contributed by atoms with Gasteiger partial charge < -0.3 is 11.1 Å². The molecule has 1 aromatic rings. The lowest BCUT2D eigenvalue weighted by atomic mass is 10.0. The maximum atomic E-state index is 12.1. The van der Waals surface area contributed by atoms with E-state index < -0.39 is 0 Å². The first kappa shape index (κ1) is 16.6. The van der Waals surface area contributed by atoms with Crippen molar-refractivity contribution in [3.8, 4) is 0 Å². The number of nitrogens with two attached hydrogens (primary N) is 1. The lowest BCUT2D eigenvalue weighted by Gasteiger charge is -2.19. The van der Waals surface area contributed by atoms with Crippen molar-refractivity contribution in [3.63, 3.8) is 0 Å². The van der Waals surface area contributed by atoms with Crippen molar-refractivity contribution in [1.29, 1.82) is 0 Å². The van der Waals surface area contributed by atoms with Crippen LogP contribution in [0.15, 0.2) is 18.2 Å². The van der Waals surface area contributed by atoms with E-state index in [4.69, 9.17) is 28.9 Å². The van der Waals surface area contributed by atoms with Gasteiger partial charge in [0, 0.05) is 11.1 Å². The Morgan fingerprint density at radius 1 is 1.37 bits per heavy atom. The number of carbonyl (C=O) groups excluding carboxylic acids is 1. The summed E-state index contributed by atoms with van der Waals surface area (Å²) < 4.78 is 0. The number of nitrogens with one attached hydrogen (secondary N) is 1. The van der Waals surface area contributed by atoms with Crippen LogP contribution in [0.5, 0.6) is 0 Å². The van der Waals surface area contributed by atoms with Crippen molar-refractivity contribution in [2.75, 3.05) is 6.54 Å². The predicted octanol–water partition coefficient (Wildman–Crippen LogP) is 3.27. The minimum absolute atomic E-state index is 0. The first-order valence-corrected chi connectivity index (χ1v) is 6.83. The van der Waals surface area contributed by atoms with E-state index in [0.29, 0.717) is 28.1 Å². The number of amides is 1. The van der Waals surface area contributed by atoms with Gasteiger partial charge in [-0.15, -0.1) is 12.4 Å². The van der Waals surface area contributed by atoms with Gasteiger partial charge in [0.25, 0.3) is 5.91 Å². The lowest BCUT2D eigenvalue weighted by molar-refractivity contribution is 0.0929. The third-order valence-corrected chi connectivity index (χ3v) is 4.02. The zero-order valence-corrected chi connectivity index (χ0v) is 12.7. The monoisotopic (exact) mass is 322 g/mol. The Balaban J connectivity index is 0.00000180. The van der Waals surface area contributed by atoms with E-state index in [1.165, 1.54) is 0 Å². The molecule has 106 valence electrons. The molecule has 0 saturated heterocycles. The fourth-order valence-electron chi connectivity index (χ4n) is 2.43. The van der Waals surface area contributed by atoms with Gasteiger partial charge in [0.05, 0.1) is 10.6 Å². The van der Waals surface area contributed by atoms with E-state index in [1.807, 2.05) is 0 Å². The van der Waals surface area contributed by atoms with Crippen molar-refractivity contribution in [1.82, 2.24) is 5.32 Å². The summed E-state index contributed by atoms with van der Waals surface area (Å²) in [6.45, 7) is 0.605. The van der Waals surface area contributed by atoms with Gasteiger partial charge in [-0.05, 0) is 43.5 Å². The molecule has 3 N–H and O–H groups in total. The third kappa shape index (κ3) is 3.99. The van der Waals surface area contributed by atoms with Crippen molar-refractivity contribution in [2.45, 2.75) is 25.3 Å². The van der Waals surface area contributed by atoms with Gasteiger partial charge in [-0.3, -0.25) is 4.79 Å². The summed E-state index contributed by atoms with van der Waals surface area (Å²) in [6.07, 6.45) is 3.16. The molecule has 1 amide bonds. The fraction of sp³-hybridized carbons (Fsp3) is 0.462. The van der Waals surface area contributed by atoms with Crippen LogP contribution in [0.2, 0.25) is 10.0 Å². The normalized spacial score (nSPS) is 21.8. The van der Waals surface area contributed by atoms with E-state index in [-0.39, 0.29) is 24.4 Å². The molecule has 0 aliphatic heterocycles. The highest BCUT2D eigenvalue weighted by atomic mass is 35.5. The molecule has 2 atom stereocenters. The van der Waals surface area contributed by atoms with Crippen molar-refractivity contribution >= 4 is 41.5 Å². The molecule has 1 aliphatic rings. The highest BCUT2D eigenvalue weighted by molar-refractivity contribution is 6.35. The summed E-state index contributed by atoms with van der Waals surface area (Å²) in [7, 11) is 0. The first-order valence-electron chi connectivity index (χ1n) is 6.08. The Kier molecular flexibility index (Phi) is 6.40. The van der Waals surface area contributed by atoms with Crippen LogP contribution < -0.4 is 11.1 Å². The van der Waals surface area contributed by atoms with Crippen LogP contribution in [0, 0.1) is 5.92 Å². The molecule has 2 unspecified atom stereocenters.